The first-order valence-corrected chi connectivity index (χ1v) is 10.7. The predicted molar refractivity (Wildman–Crippen MR) is 116 cm³/mol. The molecule has 4 rings (SSSR count). The Kier molecular flexibility index (Phi) is 5.47. The van der Waals surface area contributed by atoms with E-state index in [1.807, 2.05) is 51.1 Å². The number of aryl methyl sites for hydroxylation is 2. The third kappa shape index (κ3) is 3.37. The molecule has 0 radical (unpaired) electrons. The van der Waals surface area contributed by atoms with Crippen molar-refractivity contribution < 1.29 is 19.1 Å². The zero-order chi connectivity index (χ0) is 22.3. The van der Waals surface area contributed by atoms with E-state index in [2.05, 4.69) is 9.88 Å². The monoisotopic (exact) mass is 423 g/mol. The highest BCUT2D eigenvalue weighted by molar-refractivity contribution is 6.11. The van der Waals surface area contributed by atoms with Gasteiger partial charge >= 0.3 is 6.03 Å². The predicted octanol–water partition coefficient (Wildman–Crippen LogP) is 3.28. The van der Waals surface area contributed by atoms with Crippen LogP contribution < -0.4 is 5.32 Å². The fraction of sp³-hybridized carbons (Fsp3) is 0.458. The van der Waals surface area contributed by atoms with Crippen LogP contribution in [0.5, 0.6) is 0 Å². The van der Waals surface area contributed by atoms with Crippen molar-refractivity contribution in [2.45, 2.75) is 51.6 Å². The molecule has 2 atom stereocenters. The van der Waals surface area contributed by atoms with Gasteiger partial charge in [0.1, 0.15) is 5.54 Å². The highest BCUT2D eigenvalue weighted by Crippen LogP contribution is 2.40. The van der Waals surface area contributed by atoms with Crippen LogP contribution in [0, 0.1) is 13.8 Å². The Bertz CT molecular complexity index is 1060. The van der Waals surface area contributed by atoms with Crippen molar-refractivity contribution in [3.8, 4) is 0 Å². The quantitative estimate of drug-likeness (QED) is 0.571. The van der Waals surface area contributed by atoms with Gasteiger partial charge in [0.25, 0.3) is 5.91 Å². The van der Waals surface area contributed by atoms with Gasteiger partial charge in [-0.25, -0.2) is 4.79 Å². The second kappa shape index (κ2) is 7.96. The third-order valence-electron chi connectivity index (χ3n) is 6.59. The summed E-state index contributed by atoms with van der Waals surface area (Å²) in [6, 6.07) is 9.13. The molecule has 2 aromatic rings. The Labute approximate surface area is 182 Å². The van der Waals surface area contributed by atoms with Crippen LogP contribution in [-0.2, 0) is 21.5 Å². The fourth-order valence-corrected chi connectivity index (χ4v) is 5.24. The van der Waals surface area contributed by atoms with Crippen LogP contribution in [0.25, 0.3) is 0 Å². The van der Waals surface area contributed by atoms with Crippen LogP contribution in [0.15, 0.2) is 30.3 Å². The third-order valence-corrected chi connectivity index (χ3v) is 6.59. The van der Waals surface area contributed by atoms with Gasteiger partial charge in [-0.3, -0.25) is 14.5 Å². The first-order valence-electron chi connectivity index (χ1n) is 10.7. The number of aromatic nitrogens is 1. The first-order chi connectivity index (χ1) is 14.8. The maximum atomic E-state index is 13.4. The Morgan fingerprint density at radius 3 is 2.74 bits per heavy atom. The summed E-state index contributed by atoms with van der Waals surface area (Å²) < 4.78 is 7.31. The summed E-state index contributed by atoms with van der Waals surface area (Å²) in [6.45, 7) is 6.12. The molecule has 2 aliphatic rings. The molecule has 1 fully saturated rings. The Morgan fingerprint density at radius 1 is 1.26 bits per heavy atom. The second-order valence-corrected chi connectivity index (χ2v) is 8.62. The van der Waals surface area contributed by atoms with Gasteiger partial charge in [-0.15, -0.1) is 0 Å². The number of rotatable bonds is 6. The molecule has 1 aliphatic carbocycles. The summed E-state index contributed by atoms with van der Waals surface area (Å²) in [5.41, 5.74) is 3.16. The Morgan fingerprint density at radius 2 is 2.00 bits per heavy atom. The van der Waals surface area contributed by atoms with E-state index in [0.29, 0.717) is 18.6 Å². The average molecular weight is 424 g/mol. The van der Waals surface area contributed by atoms with Gasteiger partial charge in [-0.05, 0) is 57.2 Å². The van der Waals surface area contributed by atoms with Crippen LogP contribution in [0.4, 0.5) is 4.79 Å². The molecule has 0 bridgehead atoms. The van der Waals surface area contributed by atoms with Crippen molar-refractivity contribution in [1.29, 1.82) is 0 Å². The van der Waals surface area contributed by atoms with Gasteiger partial charge in [0.2, 0.25) is 0 Å². The lowest BCUT2D eigenvalue weighted by molar-refractivity contribution is -0.131. The molecule has 1 N–H and O–H groups in total. The van der Waals surface area contributed by atoms with E-state index in [-0.39, 0.29) is 24.3 Å². The summed E-state index contributed by atoms with van der Waals surface area (Å²) in [4.78, 5) is 40.5. The second-order valence-electron chi connectivity index (χ2n) is 8.62. The SMILES string of the molecule is COC[C@@H](C)n1c(C)cc(C(=O)CN2C(=O)N[C@@]3(CCCc4ccccc43)C2=O)c1C. The van der Waals surface area contributed by atoms with Crippen molar-refractivity contribution in [3.63, 3.8) is 0 Å². The van der Waals surface area contributed by atoms with Crippen LogP contribution in [0.1, 0.15) is 58.7 Å². The molecule has 1 saturated heterocycles. The number of nitrogens with one attached hydrogen (secondary N) is 1. The van der Waals surface area contributed by atoms with E-state index in [0.717, 1.165) is 40.3 Å². The smallest absolute Gasteiger partial charge is 0.325 e. The van der Waals surface area contributed by atoms with Crippen LogP contribution in [0.3, 0.4) is 0 Å². The molecule has 0 unspecified atom stereocenters. The minimum Gasteiger partial charge on any atom is -0.383 e. The van der Waals surface area contributed by atoms with E-state index in [1.165, 1.54) is 0 Å². The van der Waals surface area contributed by atoms with E-state index in [1.54, 1.807) is 7.11 Å². The molecule has 1 aromatic heterocycles. The van der Waals surface area contributed by atoms with E-state index >= 15 is 0 Å². The highest BCUT2D eigenvalue weighted by atomic mass is 16.5. The zero-order valence-electron chi connectivity index (χ0n) is 18.5. The Hall–Kier alpha value is -2.93. The number of methoxy groups -OCH3 is 1. The number of ether oxygens (including phenoxy) is 1. The number of urea groups is 1. The molecule has 1 aliphatic heterocycles. The van der Waals surface area contributed by atoms with E-state index < -0.39 is 11.6 Å². The van der Waals surface area contributed by atoms with Gasteiger partial charge in [0, 0.05) is 24.1 Å². The average Bonchev–Trinajstić information content (AvgIpc) is 3.16. The van der Waals surface area contributed by atoms with Gasteiger partial charge in [0.05, 0.1) is 19.2 Å². The lowest BCUT2D eigenvalue weighted by atomic mass is 9.76. The summed E-state index contributed by atoms with van der Waals surface area (Å²) >= 11 is 0. The van der Waals surface area contributed by atoms with Gasteiger partial charge in [-0.1, -0.05) is 24.3 Å². The molecule has 31 heavy (non-hydrogen) atoms. The van der Waals surface area contributed by atoms with Crippen molar-refractivity contribution in [3.05, 3.63) is 58.4 Å². The van der Waals surface area contributed by atoms with Gasteiger partial charge in [0.15, 0.2) is 5.78 Å². The number of ketones is 1. The molecule has 164 valence electrons. The molecule has 0 saturated carbocycles. The Balaban J connectivity index is 1.60. The van der Waals surface area contributed by atoms with Crippen molar-refractivity contribution >= 4 is 17.7 Å². The minimum atomic E-state index is -1.06. The molecule has 1 spiro atoms. The number of benzene rings is 1. The van der Waals surface area contributed by atoms with E-state index in [9.17, 15) is 14.4 Å². The van der Waals surface area contributed by atoms with Gasteiger partial charge < -0.3 is 14.6 Å². The first kappa shape index (κ1) is 21.3. The molecule has 7 nitrogen and oxygen atoms in total. The maximum Gasteiger partial charge on any atom is 0.325 e. The number of imide groups is 1. The standard InChI is InChI=1S/C24H29N3O4/c1-15-12-19(17(3)27(15)16(2)14-31-4)21(28)13-26-22(29)24(25-23(26)30)11-7-9-18-8-5-6-10-20(18)24/h5-6,8,10,12,16H,7,9,11,13-14H2,1-4H3,(H,25,30)/t16-,24-/m1/s1. The van der Waals surface area contributed by atoms with Crippen LogP contribution >= 0.6 is 0 Å². The number of carbonyl (C=O) groups excluding carboxylic acids is 3. The number of fused-ring (bicyclic) bond motifs is 2. The molecule has 1 aromatic carbocycles. The van der Waals surface area contributed by atoms with Crippen LogP contribution in [-0.4, -0.2) is 47.4 Å². The minimum absolute atomic E-state index is 0.0743. The van der Waals surface area contributed by atoms with Crippen LogP contribution in [0.2, 0.25) is 0 Å². The molecule has 2 heterocycles. The summed E-state index contributed by atoms with van der Waals surface area (Å²) in [5.74, 6) is -0.576. The maximum absolute atomic E-state index is 13.4. The lowest BCUT2D eigenvalue weighted by Crippen LogP contribution is -2.46. The number of Topliss-reactive ketones (excluding diaryl/α,β-unsaturated/α-hetero) is 1. The van der Waals surface area contributed by atoms with Crippen molar-refractivity contribution in [2.24, 2.45) is 0 Å². The fourth-order valence-electron chi connectivity index (χ4n) is 5.24. The molecule has 3 amide bonds. The highest BCUT2D eigenvalue weighted by Gasteiger charge is 2.54. The summed E-state index contributed by atoms with van der Waals surface area (Å²) in [7, 11) is 1.65. The number of carbonyl (C=O) groups is 3. The van der Waals surface area contributed by atoms with Crippen molar-refractivity contribution in [1.82, 2.24) is 14.8 Å². The normalized spacial score (nSPS) is 21.4. The molecule has 7 heteroatoms. The topological polar surface area (TPSA) is 80.6 Å². The number of amides is 3. The zero-order valence-corrected chi connectivity index (χ0v) is 18.5. The number of hydrogen-bond donors (Lipinski definition) is 1. The molecular weight excluding hydrogens is 394 g/mol. The molecular formula is C24H29N3O4. The van der Waals surface area contributed by atoms with E-state index in [4.69, 9.17) is 4.74 Å². The largest absolute Gasteiger partial charge is 0.383 e. The van der Waals surface area contributed by atoms with Crippen molar-refractivity contribution in [2.75, 3.05) is 20.3 Å². The lowest BCUT2D eigenvalue weighted by Gasteiger charge is -2.33. The van der Waals surface area contributed by atoms with Gasteiger partial charge in [-0.2, -0.15) is 0 Å². The summed E-state index contributed by atoms with van der Waals surface area (Å²) in [5, 5.41) is 2.91. The number of hydrogen-bond acceptors (Lipinski definition) is 4. The number of nitrogens with zero attached hydrogens (tertiary/aromatic N) is 2. The summed E-state index contributed by atoms with van der Waals surface area (Å²) in [6.07, 6.45) is 2.23.